The Morgan fingerprint density at radius 2 is 1.37 bits per heavy atom. The third-order valence-corrected chi connectivity index (χ3v) is 9.85. The van der Waals surface area contributed by atoms with Crippen molar-refractivity contribution in [3.63, 3.8) is 0 Å². The monoisotopic (exact) mass is 457 g/mol. The number of benzene rings is 1. The van der Waals surface area contributed by atoms with Crippen LogP contribution in [0.15, 0.2) is 23.1 Å². The summed E-state index contributed by atoms with van der Waals surface area (Å²) < 4.78 is 56.2. The molecule has 0 aliphatic carbocycles. The van der Waals surface area contributed by atoms with Crippen molar-refractivity contribution in [1.29, 1.82) is 0 Å². The minimum Gasteiger partial charge on any atom is -0.326 e. The average Bonchev–Trinajstić information content (AvgIpc) is 2.73. The predicted octanol–water partition coefficient (Wildman–Crippen LogP) is -0.630. The summed E-state index contributed by atoms with van der Waals surface area (Å²) in [5.41, 5.74) is 1.44. The van der Waals surface area contributed by atoms with Gasteiger partial charge in [-0.25, -0.2) is 8.42 Å². The Hall–Kier alpha value is -1.57. The van der Waals surface area contributed by atoms with Gasteiger partial charge in [-0.3, -0.25) is 4.79 Å². The van der Waals surface area contributed by atoms with E-state index in [1.54, 1.807) is 12.1 Å². The molecule has 1 N–H and O–H groups in total. The Kier molecular flexibility index (Phi) is 5.90. The number of nitrogens with zero attached hydrogens (tertiary/aromatic N) is 4. The lowest BCUT2D eigenvalue weighted by Gasteiger charge is -2.38. The zero-order valence-corrected chi connectivity index (χ0v) is 18.6. The molecular formula is C18H27N5O5S2. The third kappa shape index (κ3) is 4.12. The largest absolute Gasteiger partial charge is 0.326 e. The van der Waals surface area contributed by atoms with Crippen molar-refractivity contribution in [2.45, 2.75) is 17.7 Å². The highest BCUT2D eigenvalue weighted by Crippen LogP contribution is 2.27. The van der Waals surface area contributed by atoms with E-state index in [2.05, 4.69) is 10.2 Å². The van der Waals surface area contributed by atoms with Gasteiger partial charge < -0.3 is 10.2 Å². The molecular weight excluding hydrogens is 430 g/mol. The number of aryl methyl sites for hydroxylation is 1. The Bertz CT molecular complexity index is 1030. The molecule has 3 aliphatic rings. The van der Waals surface area contributed by atoms with E-state index in [1.807, 2.05) is 7.05 Å². The third-order valence-electron chi connectivity index (χ3n) is 5.92. The number of carbonyl (C=O) groups is 1. The maximum atomic E-state index is 13.1. The van der Waals surface area contributed by atoms with E-state index in [-0.39, 0.29) is 37.0 Å². The summed E-state index contributed by atoms with van der Waals surface area (Å²) >= 11 is 0. The molecule has 12 heteroatoms. The van der Waals surface area contributed by atoms with Crippen LogP contribution in [0.4, 0.5) is 5.69 Å². The number of carbonyl (C=O) groups excluding carboxylic acids is 1. The summed E-state index contributed by atoms with van der Waals surface area (Å²) in [7, 11) is -5.35. The van der Waals surface area contributed by atoms with E-state index in [0.717, 1.165) is 5.56 Å². The molecule has 1 aromatic rings. The molecule has 3 heterocycles. The molecule has 1 aromatic carbocycles. The zero-order chi connectivity index (χ0) is 21.5. The van der Waals surface area contributed by atoms with Gasteiger partial charge in [0.15, 0.2) is 0 Å². The Morgan fingerprint density at radius 3 is 2.00 bits per heavy atom. The molecule has 0 saturated carbocycles. The van der Waals surface area contributed by atoms with Crippen LogP contribution in [0.1, 0.15) is 12.0 Å². The number of nitrogens with one attached hydrogen (secondary N) is 1. The second-order valence-corrected chi connectivity index (χ2v) is 11.7. The first-order valence-corrected chi connectivity index (χ1v) is 12.9. The number of fused-ring (bicyclic) bond motifs is 1. The second-order valence-electron chi connectivity index (χ2n) is 7.88. The smallest absolute Gasteiger partial charge is 0.282 e. The number of hydrogen-bond acceptors (Lipinski definition) is 6. The van der Waals surface area contributed by atoms with Crippen LogP contribution < -0.4 is 5.32 Å². The molecule has 30 heavy (non-hydrogen) atoms. The van der Waals surface area contributed by atoms with E-state index in [9.17, 15) is 21.6 Å². The lowest BCUT2D eigenvalue weighted by molar-refractivity contribution is -0.116. The van der Waals surface area contributed by atoms with Crippen molar-refractivity contribution < 1.29 is 21.6 Å². The van der Waals surface area contributed by atoms with Crippen molar-refractivity contribution in [2.24, 2.45) is 0 Å². The summed E-state index contributed by atoms with van der Waals surface area (Å²) in [4.78, 5) is 13.8. The van der Waals surface area contributed by atoms with Crippen molar-refractivity contribution >= 4 is 31.8 Å². The van der Waals surface area contributed by atoms with Crippen molar-refractivity contribution in [3.05, 3.63) is 23.8 Å². The molecule has 0 unspecified atom stereocenters. The van der Waals surface area contributed by atoms with Gasteiger partial charge in [0.05, 0.1) is 4.90 Å². The standard InChI is InChI=1S/C18H27N5O5S2/c1-20-6-8-22(9-7-20)30(27,28)23-12-10-21(11-13-23)29(25,26)16-3-4-17-15(14-16)2-5-18(24)19-17/h3-4,14H,2,5-13H2,1H3,(H,19,24). The number of hydrogen-bond donors (Lipinski definition) is 1. The molecule has 3 aliphatic heterocycles. The van der Waals surface area contributed by atoms with Crippen LogP contribution in [0.5, 0.6) is 0 Å². The van der Waals surface area contributed by atoms with E-state index < -0.39 is 20.2 Å². The van der Waals surface area contributed by atoms with Crippen LogP contribution in [0, 0.1) is 0 Å². The topological polar surface area (TPSA) is 110 Å². The minimum absolute atomic E-state index is 0.0733. The summed E-state index contributed by atoms with van der Waals surface area (Å²) in [6, 6.07) is 4.72. The van der Waals surface area contributed by atoms with Crippen LogP contribution in [0.2, 0.25) is 0 Å². The first-order chi connectivity index (χ1) is 14.2. The lowest BCUT2D eigenvalue weighted by Crippen LogP contribution is -2.57. The number of sulfonamides is 1. The second kappa shape index (κ2) is 8.17. The average molecular weight is 458 g/mol. The molecule has 4 rings (SSSR count). The van der Waals surface area contributed by atoms with Crippen LogP contribution in [0.25, 0.3) is 0 Å². The molecule has 0 atom stereocenters. The van der Waals surface area contributed by atoms with E-state index in [4.69, 9.17) is 0 Å². The Morgan fingerprint density at radius 1 is 0.800 bits per heavy atom. The van der Waals surface area contributed by atoms with Crippen LogP contribution >= 0.6 is 0 Å². The van der Waals surface area contributed by atoms with Gasteiger partial charge in [0.1, 0.15) is 0 Å². The summed E-state index contributed by atoms with van der Waals surface area (Å²) in [5.74, 6) is -0.0733. The number of amides is 1. The highest BCUT2D eigenvalue weighted by molar-refractivity contribution is 7.89. The fraction of sp³-hybridized carbons (Fsp3) is 0.611. The van der Waals surface area contributed by atoms with Crippen molar-refractivity contribution in [3.8, 4) is 0 Å². The first-order valence-electron chi connectivity index (χ1n) is 10.0. The Balaban J connectivity index is 1.44. The van der Waals surface area contributed by atoms with Gasteiger partial charge in [-0.15, -0.1) is 0 Å². The van der Waals surface area contributed by atoms with E-state index in [0.29, 0.717) is 44.7 Å². The lowest BCUT2D eigenvalue weighted by atomic mass is 10.0. The minimum atomic E-state index is -3.73. The SMILES string of the molecule is CN1CCN(S(=O)(=O)N2CCN(S(=O)(=O)c3ccc4c(c3)CCC(=O)N4)CC2)CC1. The zero-order valence-electron chi connectivity index (χ0n) is 16.9. The maximum absolute atomic E-state index is 13.1. The first kappa shape index (κ1) is 21.7. The molecule has 2 fully saturated rings. The predicted molar refractivity (Wildman–Crippen MR) is 112 cm³/mol. The quantitative estimate of drug-likeness (QED) is 0.645. The Labute approximate surface area is 177 Å². The maximum Gasteiger partial charge on any atom is 0.282 e. The van der Waals surface area contributed by atoms with E-state index in [1.165, 1.54) is 19.0 Å². The number of piperazine rings is 2. The normalized spacial score (nSPS) is 23.2. The molecule has 2 saturated heterocycles. The van der Waals surface area contributed by atoms with Gasteiger partial charge in [0.25, 0.3) is 10.2 Å². The highest BCUT2D eigenvalue weighted by Gasteiger charge is 2.37. The summed E-state index contributed by atoms with van der Waals surface area (Å²) in [6.45, 7) is 2.76. The molecule has 10 nitrogen and oxygen atoms in total. The molecule has 0 radical (unpaired) electrons. The van der Waals surface area contributed by atoms with Crippen LogP contribution in [0.3, 0.4) is 0 Å². The molecule has 166 valence electrons. The van der Waals surface area contributed by atoms with Crippen molar-refractivity contribution in [1.82, 2.24) is 17.8 Å². The fourth-order valence-electron chi connectivity index (χ4n) is 3.99. The van der Waals surface area contributed by atoms with Crippen LogP contribution in [-0.2, 0) is 31.4 Å². The molecule has 1 amide bonds. The number of likely N-dealkylation sites (N-methyl/N-ethyl adjacent to an activating group) is 1. The van der Waals surface area contributed by atoms with Gasteiger partial charge in [-0.05, 0) is 37.2 Å². The highest BCUT2D eigenvalue weighted by atomic mass is 32.2. The molecule has 0 bridgehead atoms. The van der Waals surface area contributed by atoms with Crippen LogP contribution in [-0.4, -0.2) is 100.0 Å². The van der Waals surface area contributed by atoms with Gasteiger partial charge in [-0.2, -0.15) is 21.3 Å². The summed E-state index contributed by atoms with van der Waals surface area (Å²) in [6.07, 6.45) is 0.834. The number of anilines is 1. The van der Waals surface area contributed by atoms with Gasteiger partial charge in [0.2, 0.25) is 15.9 Å². The summed E-state index contributed by atoms with van der Waals surface area (Å²) in [5, 5.41) is 2.75. The van der Waals surface area contributed by atoms with Gasteiger partial charge in [-0.1, -0.05) is 0 Å². The van der Waals surface area contributed by atoms with Crippen molar-refractivity contribution in [2.75, 3.05) is 64.7 Å². The van der Waals surface area contributed by atoms with E-state index >= 15 is 0 Å². The molecule has 0 spiro atoms. The van der Waals surface area contributed by atoms with Gasteiger partial charge >= 0.3 is 0 Å². The van der Waals surface area contributed by atoms with Gasteiger partial charge in [0, 0.05) is 64.5 Å². The fourth-order valence-corrected chi connectivity index (χ4v) is 7.04. The number of rotatable bonds is 4. The molecule has 0 aromatic heterocycles.